The predicted octanol–water partition coefficient (Wildman–Crippen LogP) is 1.49. The van der Waals surface area contributed by atoms with E-state index in [9.17, 15) is 4.79 Å². The highest BCUT2D eigenvalue weighted by molar-refractivity contribution is 5.91. The predicted molar refractivity (Wildman–Crippen MR) is 71.1 cm³/mol. The number of nitrogens with two attached hydrogens (primary N) is 1. The van der Waals surface area contributed by atoms with Crippen LogP contribution in [0.15, 0.2) is 30.3 Å². The van der Waals surface area contributed by atoms with Crippen LogP contribution in [-0.2, 0) is 18.3 Å². The van der Waals surface area contributed by atoms with E-state index in [0.717, 1.165) is 11.3 Å². The molecule has 0 saturated heterocycles. The lowest BCUT2D eigenvalue weighted by Crippen LogP contribution is -2.15. The van der Waals surface area contributed by atoms with Crippen molar-refractivity contribution in [3.63, 3.8) is 0 Å². The first-order chi connectivity index (χ1) is 8.54. The van der Waals surface area contributed by atoms with E-state index in [1.165, 1.54) is 0 Å². The highest BCUT2D eigenvalue weighted by atomic mass is 16.1. The van der Waals surface area contributed by atoms with Crippen LogP contribution in [0.3, 0.4) is 0 Å². The second-order valence-corrected chi connectivity index (χ2v) is 4.26. The van der Waals surface area contributed by atoms with Crippen molar-refractivity contribution in [2.75, 3.05) is 11.1 Å². The topological polar surface area (TPSA) is 72.9 Å². The van der Waals surface area contributed by atoms with Gasteiger partial charge in [-0.25, -0.2) is 0 Å². The Hall–Kier alpha value is -2.30. The Kier molecular flexibility index (Phi) is 3.32. The first kappa shape index (κ1) is 12.2. The number of rotatable bonds is 3. The molecule has 0 atom stereocenters. The van der Waals surface area contributed by atoms with Gasteiger partial charge in [0.15, 0.2) is 5.82 Å². The lowest BCUT2D eigenvalue weighted by molar-refractivity contribution is -0.115. The van der Waals surface area contributed by atoms with Crippen molar-refractivity contribution >= 4 is 17.4 Å². The number of nitrogens with zero attached hydrogens (tertiary/aromatic N) is 2. The molecule has 1 aromatic carbocycles. The molecular formula is C13H16N4O. The van der Waals surface area contributed by atoms with E-state index in [1.54, 1.807) is 16.8 Å². The third-order valence-electron chi connectivity index (χ3n) is 2.70. The van der Waals surface area contributed by atoms with Crippen LogP contribution in [-0.4, -0.2) is 15.7 Å². The number of amides is 1. The summed E-state index contributed by atoms with van der Waals surface area (Å²) in [5.74, 6) is 0.475. The van der Waals surface area contributed by atoms with Gasteiger partial charge in [-0.05, 0) is 24.6 Å². The maximum absolute atomic E-state index is 11.8. The summed E-state index contributed by atoms with van der Waals surface area (Å²) < 4.78 is 1.72. The summed E-state index contributed by atoms with van der Waals surface area (Å²) in [7, 11) is 1.84. The number of anilines is 2. The van der Waals surface area contributed by atoms with E-state index >= 15 is 0 Å². The maximum Gasteiger partial charge on any atom is 0.229 e. The number of aryl methyl sites for hydroxylation is 2. The zero-order valence-electron chi connectivity index (χ0n) is 10.5. The minimum absolute atomic E-state index is 0.0984. The van der Waals surface area contributed by atoms with Crippen molar-refractivity contribution in [2.24, 2.45) is 7.05 Å². The molecule has 1 heterocycles. The van der Waals surface area contributed by atoms with Crippen LogP contribution in [0.5, 0.6) is 0 Å². The Bertz CT molecular complexity index is 555. The minimum atomic E-state index is -0.0984. The van der Waals surface area contributed by atoms with Crippen LogP contribution in [0, 0.1) is 6.92 Å². The number of carbonyl (C=O) groups excluding carboxylic acids is 1. The van der Waals surface area contributed by atoms with Crippen LogP contribution >= 0.6 is 0 Å². The van der Waals surface area contributed by atoms with Gasteiger partial charge in [0.2, 0.25) is 5.91 Å². The fraction of sp³-hybridized carbons (Fsp3) is 0.231. The summed E-state index contributed by atoms with van der Waals surface area (Å²) >= 11 is 0. The average molecular weight is 244 g/mol. The Labute approximate surface area is 106 Å². The number of aromatic nitrogens is 2. The summed E-state index contributed by atoms with van der Waals surface area (Å²) in [5.41, 5.74) is 8.21. The Morgan fingerprint density at radius 3 is 2.83 bits per heavy atom. The minimum Gasteiger partial charge on any atom is -0.399 e. The van der Waals surface area contributed by atoms with E-state index in [4.69, 9.17) is 5.73 Å². The lowest BCUT2D eigenvalue weighted by atomic mass is 10.1. The molecule has 0 aliphatic heterocycles. The van der Waals surface area contributed by atoms with Crippen molar-refractivity contribution in [1.82, 2.24) is 9.78 Å². The second-order valence-electron chi connectivity index (χ2n) is 4.26. The first-order valence-corrected chi connectivity index (χ1v) is 5.69. The number of hydrogen-bond donors (Lipinski definition) is 2. The smallest absolute Gasteiger partial charge is 0.229 e. The van der Waals surface area contributed by atoms with Gasteiger partial charge in [-0.15, -0.1) is 0 Å². The quantitative estimate of drug-likeness (QED) is 0.803. The molecule has 1 aromatic heterocycles. The van der Waals surface area contributed by atoms with Gasteiger partial charge in [-0.3, -0.25) is 9.48 Å². The van der Waals surface area contributed by atoms with Crippen LogP contribution in [0.25, 0.3) is 0 Å². The summed E-state index contributed by atoms with van der Waals surface area (Å²) in [6, 6.07) is 9.13. The van der Waals surface area contributed by atoms with Crippen molar-refractivity contribution in [3.8, 4) is 0 Å². The molecule has 94 valence electrons. The Morgan fingerprint density at radius 2 is 2.22 bits per heavy atom. The van der Waals surface area contributed by atoms with E-state index in [1.807, 2.05) is 32.2 Å². The maximum atomic E-state index is 11.8. The van der Waals surface area contributed by atoms with Gasteiger partial charge in [0, 0.05) is 24.5 Å². The summed E-state index contributed by atoms with van der Waals surface area (Å²) in [4.78, 5) is 11.8. The molecular weight excluding hydrogens is 228 g/mol. The highest BCUT2D eigenvalue weighted by Gasteiger charge is 2.07. The molecule has 18 heavy (non-hydrogen) atoms. The van der Waals surface area contributed by atoms with Gasteiger partial charge in [0.05, 0.1) is 6.42 Å². The molecule has 0 radical (unpaired) electrons. The number of nitrogen functional groups attached to an aromatic ring is 1. The van der Waals surface area contributed by atoms with Crippen molar-refractivity contribution in [1.29, 1.82) is 0 Å². The summed E-state index contributed by atoms with van der Waals surface area (Å²) in [6.07, 6.45) is 0.292. The molecule has 3 N–H and O–H groups in total. The third-order valence-corrected chi connectivity index (χ3v) is 2.70. The molecule has 2 rings (SSSR count). The molecule has 0 aliphatic carbocycles. The van der Waals surface area contributed by atoms with Gasteiger partial charge in [-0.2, -0.15) is 5.10 Å². The average Bonchev–Trinajstić information content (AvgIpc) is 2.57. The SMILES string of the molecule is Cc1cc(NC(=O)Cc2cccc(N)c2)nn1C. The molecule has 0 spiro atoms. The van der Waals surface area contributed by atoms with Gasteiger partial charge >= 0.3 is 0 Å². The van der Waals surface area contributed by atoms with E-state index in [-0.39, 0.29) is 5.91 Å². The molecule has 1 amide bonds. The fourth-order valence-corrected chi connectivity index (χ4v) is 1.70. The van der Waals surface area contributed by atoms with Crippen molar-refractivity contribution in [2.45, 2.75) is 13.3 Å². The van der Waals surface area contributed by atoms with E-state index in [2.05, 4.69) is 10.4 Å². The molecule has 0 saturated carbocycles. The van der Waals surface area contributed by atoms with Gasteiger partial charge in [0.25, 0.3) is 0 Å². The summed E-state index contributed by atoms with van der Waals surface area (Å²) in [5, 5.41) is 6.93. The molecule has 0 fully saturated rings. The van der Waals surface area contributed by atoms with Gasteiger partial charge < -0.3 is 11.1 Å². The van der Waals surface area contributed by atoms with E-state index < -0.39 is 0 Å². The largest absolute Gasteiger partial charge is 0.399 e. The van der Waals surface area contributed by atoms with Crippen LogP contribution in [0.4, 0.5) is 11.5 Å². The molecule has 0 bridgehead atoms. The Balaban J connectivity index is 2.01. The first-order valence-electron chi connectivity index (χ1n) is 5.69. The fourth-order valence-electron chi connectivity index (χ4n) is 1.70. The second kappa shape index (κ2) is 4.91. The molecule has 0 unspecified atom stereocenters. The highest BCUT2D eigenvalue weighted by Crippen LogP contribution is 2.10. The standard InChI is InChI=1S/C13H16N4O/c1-9-6-12(16-17(9)2)15-13(18)8-10-4-3-5-11(14)7-10/h3-7H,8,14H2,1-2H3,(H,15,16,18). The number of hydrogen-bond acceptors (Lipinski definition) is 3. The zero-order chi connectivity index (χ0) is 13.1. The number of carbonyl (C=O) groups is 1. The van der Waals surface area contributed by atoms with Crippen molar-refractivity contribution < 1.29 is 4.79 Å². The molecule has 5 heteroatoms. The molecule has 0 aliphatic rings. The van der Waals surface area contributed by atoms with Gasteiger partial charge in [0.1, 0.15) is 0 Å². The lowest BCUT2D eigenvalue weighted by Gasteiger charge is -2.03. The van der Waals surface area contributed by atoms with Gasteiger partial charge in [-0.1, -0.05) is 12.1 Å². The monoisotopic (exact) mass is 244 g/mol. The molecule has 2 aromatic rings. The van der Waals surface area contributed by atoms with Crippen LogP contribution in [0.1, 0.15) is 11.3 Å². The van der Waals surface area contributed by atoms with Crippen LogP contribution < -0.4 is 11.1 Å². The Morgan fingerprint density at radius 1 is 1.44 bits per heavy atom. The number of benzene rings is 1. The van der Waals surface area contributed by atoms with Crippen LogP contribution in [0.2, 0.25) is 0 Å². The van der Waals surface area contributed by atoms with E-state index in [0.29, 0.717) is 17.9 Å². The van der Waals surface area contributed by atoms with Crippen molar-refractivity contribution in [3.05, 3.63) is 41.6 Å². The third kappa shape index (κ3) is 2.88. The zero-order valence-corrected chi connectivity index (χ0v) is 10.5. The summed E-state index contributed by atoms with van der Waals surface area (Å²) in [6.45, 7) is 1.93. The number of nitrogens with one attached hydrogen (secondary N) is 1. The normalized spacial score (nSPS) is 10.3. The molecule has 5 nitrogen and oxygen atoms in total.